The van der Waals surface area contributed by atoms with Crippen LogP contribution in [0.3, 0.4) is 0 Å². The number of hydrogen-bond acceptors (Lipinski definition) is 3. The molecule has 0 saturated heterocycles. The summed E-state index contributed by atoms with van der Waals surface area (Å²) in [6.45, 7) is 7.80. The molecule has 0 aliphatic heterocycles. The molecule has 0 saturated carbocycles. The monoisotopic (exact) mass is 266 g/mol. The van der Waals surface area contributed by atoms with E-state index in [4.69, 9.17) is 0 Å². The molecule has 0 fully saturated rings. The average molecular weight is 266 g/mol. The lowest BCUT2D eigenvalue weighted by Gasteiger charge is -2.45. The Labute approximate surface area is 118 Å². The zero-order valence-corrected chi connectivity index (χ0v) is 13.4. The summed E-state index contributed by atoms with van der Waals surface area (Å²) in [6.07, 6.45) is 7.51. The molecule has 1 aromatic heterocycles. The maximum atomic E-state index is 4.35. The summed E-state index contributed by atoms with van der Waals surface area (Å²) in [5.41, 5.74) is 1.42. The number of nitrogens with one attached hydrogen (secondary N) is 1. The molecule has 19 heavy (non-hydrogen) atoms. The second kappa shape index (κ2) is 7.06. The fraction of sp³-hybridized carbons (Fsp3) is 0.800. The highest BCUT2D eigenvalue weighted by Crippen LogP contribution is 2.35. The van der Waals surface area contributed by atoms with Crippen LogP contribution in [0.15, 0.2) is 12.4 Å². The van der Waals surface area contributed by atoms with Crippen LogP contribution in [-0.4, -0.2) is 40.9 Å². The van der Waals surface area contributed by atoms with Crippen LogP contribution in [0.25, 0.3) is 0 Å². The molecule has 110 valence electrons. The quantitative estimate of drug-likeness (QED) is 0.785. The van der Waals surface area contributed by atoms with Gasteiger partial charge in [0.2, 0.25) is 0 Å². The molecular formula is C15H30N4. The van der Waals surface area contributed by atoms with Crippen LogP contribution in [0.5, 0.6) is 0 Å². The Bertz CT molecular complexity index is 366. The minimum Gasteiger partial charge on any atom is -0.308 e. The summed E-state index contributed by atoms with van der Waals surface area (Å²) in [6, 6.07) is 0.325. The van der Waals surface area contributed by atoms with E-state index in [1.165, 1.54) is 5.56 Å². The molecule has 1 unspecified atom stereocenters. The van der Waals surface area contributed by atoms with E-state index in [2.05, 4.69) is 56.4 Å². The maximum absolute atomic E-state index is 4.35. The molecule has 1 heterocycles. The largest absolute Gasteiger partial charge is 0.308 e. The molecular weight excluding hydrogens is 236 g/mol. The Morgan fingerprint density at radius 1 is 1.32 bits per heavy atom. The van der Waals surface area contributed by atoms with Crippen LogP contribution in [0.1, 0.15) is 51.6 Å². The highest BCUT2D eigenvalue weighted by Gasteiger charge is 2.38. The van der Waals surface area contributed by atoms with Crippen molar-refractivity contribution < 1.29 is 0 Å². The first-order valence-electron chi connectivity index (χ1n) is 7.41. The predicted octanol–water partition coefficient (Wildman–Crippen LogP) is 2.58. The highest BCUT2D eigenvalue weighted by molar-refractivity contribution is 5.18. The highest BCUT2D eigenvalue weighted by atomic mass is 15.3. The van der Waals surface area contributed by atoms with E-state index in [-0.39, 0.29) is 5.54 Å². The zero-order chi connectivity index (χ0) is 14.5. The van der Waals surface area contributed by atoms with Crippen molar-refractivity contribution in [2.75, 3.05) is 20.6 Å². The molecule has 0 aliphatic carbocycles. The van der Waals surface area contributed by atoms with Crippen molar-refractivity contribution >= 4 is 0 Å². The smallest absolute Gasteiger partial charge is 0.0538 e. The van der Waals surface area contributed by atoms with Gasteiger partial charge < -0.3 is 10.2 Å². The third-order valence-electron chi connectivity index (χ3n) is 4.31. The standard InChI is InChI=1S/C15H30N4/c1-7-10-16-14(13-11-17-19(6)12-13)15(8-2,9-3)18(4)5/h11-12,14,16H,7-10H2,1-6H3. The first-order valence-corrected chi connectivity index (χ1v) is 7.41. The van der Waals surface area contributed by atoms with Gasteiger partial charge in [0.05, 0.1) is 12.2 Å². The van der Waals surface area contributed by atoms with E-state index in [1.54, 1.807) is 0 Å². The van der Waals surface area contributed by atoms with Crippen molar-refractivity contribution in [3.05, 3.63) is 18.0 Å². The van der Waals surface area contributed by atoms with Crippen molar-refractivity contribution in [3.63, 3.8) is 0 Å². The van der Waals surface area contributed by atoms with Crippen LogP contribution >= 0.6 is 0 Å². The number of hydrogen-bond donors (Lipinski definition) is 1. The first kappa shape index (κ1) is 16.2. The fourth-order valence-electron chi connectivity index (χ4n) is 3.04. The van der Waals surface area contributed by atoms with E-state index in [0.717, 1.165) is 25.8 Å². The van der Waals surface area contributed by atoms with Crippen molar-refractivity contribution in [1.82, 2.24) is 20.0 Å². The first-order chi connectivity index (χ1) is 9.01. The van der Waals surface area contributed by atoms with Gasteiger partial charge >= 0.3 is 0 Å². The van der Waals surface area contributed by atoms with Crippen LogP contribution < -0.4 is 5.32 Å². The summed E-state index contributed by atoms with van der Waals surface area (Å²) in [7, 11) is 6.35. The predicted molar refractivity (Wildman–Crippen MR) is 81.2 cm³/mol. The van der Waals surface area contributed by atoms with Gasteiger partial charge in [-0.3, -0.25) is 4.68 Å². The van der Waals surface area contributed by atoms with E-state index >= 15 is 0 Å². The molecule has 1 N–H and O–H groups in total. The molecule has 0 spiro atoms. The van der Waals surface area contributed by atoms with Gasteiger partial charge in [0.15, 0.2) is 0 Å². The topological polar surface area (TPSA) is 33.1 Å². The third-order valence-corrected chi connectivity index (χ3v) is 4.31. The Morgan fingerprint density at radius 3 is 2.32 bits per heavy atom. The third kappa shape index (κ3) is 3.37. The van der Waals surface area contributed by atoms with Crippen LogP contribution in [-0.2, 0) is 7.05 Å². The summed E-state index contributed by atoms with van der Waals surface area (Å²) < 4.78 is 1.89. The molecule has 1 aromatic rings. The van der Waals surface area contributed by atoms with Crippen LogP contribution in [0, 0.1) is 0 Å². The van der Waals surface area contributed by atoms with Gasteiger partial charge in [0.1, 0.15) is 0 Å². The number of nitrogens with zero attached hydrogens (tertiary/aromatic N) is 3. The fourth-order valence-corrected chi connectivity index (χ4v) is 3.04. The van der Waals surface area contributed by atoms with Gasteiger partial charge in [-0.15, -0.1) is 0 Å². The van der Waals surface area contributed by atoms with Gasteiger partial charge in [0.25, 0.3) is 0 Å². The van der Waals surface area contributed by atoms with Crippen molar-refractivity contribution in [2.24, 2.45) is 7.05 Å². The van der Waals surface area contributed by atoms with Crippen LogP contribution in [0.2, 0.25) is 0 Å². The minimum absolute atomic E-state index is 0.137. The second-order valence-corrected chi connectivity index (χ2v) is 5.54. The number of aryl methyl sites for hydroxylation is 1. The van der Waals surface area contributed by atoms with Gasteiger partial charge in [-0.2, -0.15) is 5.10 Å². The number of likely N-dealkylation sites (N-methyl/N-ethyl adjacent to an activating group) is 1. The van der Waals surface area contributed by atoms with E-state index in [0.29, 0.717) is 6.04 Å². The molecule has 1 rings (SSSR count). The number of rotatable bonds is 8. The molecule has 0 aliphatic rings. The van der Waals surface area contributed by atoms with Crippen molar-refractivity contribution in [3.8, 4) is 0 Å². The lowest BCUT2D eigenvalue weighted by atomic mass is 9.80. The molecule has 0 aromatic carbocycles. The second-order valence-electron chi connectivity index (χ2n) is 5.54. The molecule has 0 amide bonds. The molecule has 4 heteroatoms. The summed E-state index contributed by atoms with van der Waals surface area (Å²) in [5, 5.41) is 8.07. The Morgan fingerprint density at radius 2 is 1.95 bits per heavy atom. The molecule has 0 bridgehead atoms. The molecule has 0 radical (unpaired) electrons. The van der Waals surface area contributed by atoms with Gasteiger partial charge in [-0.05, 0) is 39.9 Å². The molecule has 1 atom stereocenters. The lowest BCUT2D eigenvalue weighted by Crippen LogP contribution is -2.53. The summed E-state index contributed by atoms with van der Waals surface area (Å²) >= 11 is 0. The average Bonchev–Trinajstić information content (AvgIpc) is 2.81. The Hall–Kier alpha value is -0.870. The lowest BCUT2D eigenvalue weighted by molar-refractivity contribution is 0.0881. The summed E-state index contributed by atoms with van der Waals surface area (Å²) in [4.78, 5) is 2.37. The van der Waals surface area contributed by atoms with E-state index < -0.39 is 0 Å². The van der Waals surface area contributed by atoms with Crippen molar-refractivity contribution in [1.29, 1.82) is 0 Å². The maximum Gasteiger partial charge on any atom is 0.0538 e. The van der Waals surface area contributed by atoms with Gasteiger partial charge in [-0.25, -0.2) is 0 Å². The SMILES string of the molecule is CCCNC(c1cnn(C)c1)C(CC)(CC)N(C)C. The zero-order valence-electron chi connectivity index (χ0n) is 13.4. The Kier molecular flexibility index (Phi) is 6.01. The minimum atomic E-state index is 0.137. The van der Waals surface area contributed by atoms with Crippen LogP contribution in [0.4, 0.5) is 0 Å². The number of aromatic nitrogens is 2. The normalized spacial score (nSPS) is 14.1. The van der Waals surface area contributed by atoms with E-state index in [9.17, 15) is 0 Å². The van der Waals surface area contributed by atoms with Gasteiger partial charge in [-0.1, -0.05) is 20.8 Å². The van der Waals surface area contributed by atoms with Gasteiger partial charge in [0, 0.05) is 24.3 Å². The summed E-state index contributed by atoms with van der Waals surface area (Å²) in [5.74, 6) is 0. The van der Waals surface area contributed by atoms with Crippen molar-refractivity contribution in [2.45, 2.75) is 51.6 Å². The van der Waals surface area contributed by atoms with E-state index in [1.807, 2.05) is 17.9 Å². The molecule has 4 nitrogen and oxygen atoms in total. The Balaban J connectivity index is 3.13.